The number of carbonyl (C=O) groups excluding carboxylic acids is 1. The number of nitrogens with two attached hydrogens (primary N) is 1. The second-order valence-electron chi connectivity index (χ2n) is 4.17. The molecule has 0 unspecified atom stereocenters. The maximum Gasteiger partial charge on any atom is 0.257 e. The number of halogens is 1. The largest absolute Gasteiger partial charge is 0.497 e. The van der Waals surface area contributed by atoms with Gasteiger partial charge in [-0.15, -0.1) is 0 Å². The predicted molar refractivity (Wildman–Crippen MR) is 82.0 cm³/mol. The second kappa shape index (κ2) is 5.92. The minimum Gasteiger partial charge on any atom is -0.497 e. The normalized spacial score (nSPS) is 10.2. The van der Waals surface area contributed by atoms with Crippen LogP contribution in [-0.2, 0) is 0 Å². The summed E-state index contributed by atoms with van der Waals surface area (Å²) in [5.41, 5.74) is 7.94. The van der Waals surface area contributed by atoms with Gasteiger partial charge in [0, 0.05) is 5.69 Å². The van der Waals surface area contributed by atoms with E-state index in [4.69, 9.17) is 10.5 Å². The molecule has 1 heterocycles. The third-order valence-corrected chi connectivity index (χ3v) is 3.25. The van der Waals surface area contributed by atoms with Crippen molar-refractivity contribution in [2.24, 2.45) is 0 Å². The minimum atomic E-state index is -0.298. The number of rotatable bonds is 3. The molecule has 3 N–H and O–H groups in total. The van der Waals surface area contributed by atoms with Crippen LogP contribution in [0.15, 0.2) is 34.9 Å². The summed E-state index contributed by atoms with van der Waals surface area (Å²) >= 11 is 3.28. The second-order valence-corrected chi connectivity index (χ2v) is 4.99. The summed E-state index contributed by atoms with van der Waals surface area (Å²) in [6.07, 6.45) is 0. The van der Waals surface area contributed by atoms with Gasteiger partial charge >= 0.3 is 0 Å². The summed E-state index contributed by atoms with van der Waals surface area (Å²) in [6.45, 7) is 1.81. The number of hydrogen-bond donors (Lipinski definition) is 2. The molecule has 0 aliphatic heterocycles. The van der Waals surface area contributed by atoms with E-state index in [0.29, 0.717) is 33.0 Å². The highest BCUT2D eigenvalue weighted by Gasteiger charge is 2.12. The number of methoxy groups -OCH3 is 1. The molecule has 2 rings (SSSR count). The Morgan fingerprint density at radius 1 is 1.35 bits per heavy atom. The molecule has 0 radical (unpaired) electrons. The summed E-state index contributed by atoms with van der Waals surface area (Å²) in [5, 5.41) is 2.79. The monoisotopic (exact) mass is 335 g/mol. The molecule has 6 heteroatoms. The molecular formula is C14H14BrN3O2. The van der Waals surface area contributed by atoms with E-state index >= 15 is 0 Å². The van der Waals surface area contributed by atoms with Crippen molar-refractivity contribution in [1.82, 2.24) is 4.98 Å². The Hall–Kier alpha value is -2.08. The number of pyridine rings is 1. The van der Waals surface area contributed by atoms with E-state index in [1.807, 2.05) is 6.92 Å². The van der Waals surface area contributed by atoms with Gasteiger partial charge in [-0.25, -0.2) is 4.98 Å². The molecule has 1 aromatic carbocycles. The number of nitrogen functional groups attached to an aromatic ring is 1. The lowest BCUT2D eigenvalue weighted by atomic mass is 10.1. The molecule has 1 amide bonds. The summed E-state index contributed by atoms with van der Waals surface area (Å²) in [7, 11) is 1.54. The Balaban J connectivity index is 2.28. The fraction of sp³-hybridized carbons (Fsp3) is 0.143. The van der Waals surface area contributed by atoms with E-state index in [1.165, 1.54) is 7.11 Å². The lowest BCUT2D eigenvalue weighted by Gasteiger charge is -2.10. The van der Waals surface area contributed by atoms with Gasteiger partial charge in [-0.2, -0.15) is 0 Å². The standard InChI is InChI=1S/C14H14BrN3O2/c1-8-12(5-6-13(15)17-8)18-14(19)10-7-9(20-2)3-4-11(10)16/h3-7H,16H2,1-2H3,(H,18,19). The fourth-order valence-corrected chi connectivity index (χ4v) is 2.11. The Labute approximate surface area is 125 Å². The van der Waals surface area contributed by atoms with Crippen LogP contribution in [-0.4, -0.2) is 18.0 Å². The zero-order chi connectivity index (χ0) is 14.7. The third-order valence-electron chi connectivity index (χ3n) is 2.81. The first-order valence-electron chi connectivity index (χ1n) is 5.89. The first-order valence-corrected chi connectivity index (χ1v) is 6.68. The number of nitrogens with zero attached hydrogens (tertiary/aromatic N) is 1. The molecule has 0 bridgehead atoms. The van der Waals surface area contributed by atoms with Gasteiger partial charge in [0.2, 0.25) is 0 Å². The molecule has 0 aliphatic rings. The highest BCUT2D eigenvalue weighted by Crippen LogP contribution is 2.22. The van der Waals surface area contributed by atoms with Crippen LogP contribution in [0.3, 0.4) is 0 Å². The predicted octanol–water partition coefficient (Wildman–Crippen LogP) is 3.00. The third kappa shape index (κ3) is 3.08. The number of hydrogen-bond acceptors (Lipinski definition) is 4. The molecule has 0 fully saturated rings. The maximum atomic E-state index is 12.3. The number of amides is 1. The topological polar surface area (TPSA) is 77.2 Å². The van der Waals surface area contributed by atoms with Gasteiger partial charge < -0.3 is 15.8 Å². The van der Waals surface area contributed by atoms with Gasteiger partial charge in [-0.1, -0.05) is 0 Å². The lowest BCUT2D eigenvalue weighted by Crippen LogP contribution is -2.15. The van der Waals surface area contributed by atoms with Crippen LogP contribution in [0.25, 0.3) is 0 Å². The quantitative estimate of drug-likeness (QED) is 0.667. The van der Waals surface area contributed by atoms with E-state index in [9.17, 15) is 4.79 Å². The SMILES string of the molecule is COc1ccc(N)c(C(=O)Nc2ccc(Br)nc2C)c1. The van der Waals surface area contributed by atoms with Crippen molar-refractivity contribution in [2.45, 2.75) is 6.92 Å². The molecule has 0 saturated heterocycles. The van der Waals surface area contributed by atoms with E-state index in [1.54, 1.807) is 30.3 Å². The summed E-state index contributed by atoms with van der Waals surface area (Å²) in [4.78, 5) is 16.5. The molecule has 0 saturated carbocycles. The Kier molecular flexibility index (Phi) is 4.24. The van der Waals surface area contributed by atoms with Gasteiger partial charge in [0.15, 0.2) is 0 Å². The van der Waals surface area contributed by atoms with Crippen molar-refractivity contribution >= 4 is 33.2 Å². The maximum absolute atomic E-state index is 12.3. The highest BCUT2D eigenvalue weighted by molar-refractivity contribution is 9.10. The number of anilines is 2. The van der Waals surface area contributed by atoms with Crippen LogP contribution in [0.2, 0.25) is 0 Å². The number of ether oxygens (including phenoxy) is 1. The number of carbonyl (C=O) groups is 1. The van der Waals surface area contributed by atoms with Gasteiger partial charge in [-0.05, 0) is 53.2 Å². The van der Waals surface area contributed by atoms with E-state index < -0.39 is 0 Å². The van der Waals surface area contributed by atoms with Crippen LogP contribution in [0.1, 0.15) is 16.1 Å². The molecular weight excluding hydrogens is 322 g/mol. The summed E-state index contributed by atoms with van der Waals surface area (Å²) in [6, 6.07) is 8.49. The first kappa shape index (κ1) is 14.3. The fourth-order valence-electron chi connectivity index (χ4n) is 1.71. The number of aromatic nitrogens is 1. The average Bonchev–Trinajstić information content (AvgIpc) is 2.42. The molecule has 0 aliphatic carbocycles. The summed E-state index contributed by atoms with van der Waals surface area (Å²) in [5.74, 6) is 0.281. The Bertz CT molecular complexity index is 659. The van der Waals surface area contributed by atoms with Crippen molar-refractivity contribution in [2.75, 3.05) is 18.2 Å². The van der Waals surface area contributed by atoms with E-state index in [0.717, 1.165) is 0 Å². The zero-order valence-corrected chi connectivity index (χ0v) is 12.7. The van der Waals surface area contributed by atoms with Crippen LogP contribution in [0, 0.1) is 6.92 Å². The molecule has 5 nitrogen and oxygen atoms in total. The Morgan fingerprint density at radius 2 is 2.10 bits per heavy atom. The van der Waals surface area contributed by atoms with Gasteiger partial charge in [-0.3, -0.25) is 4.79 Å². The van der Waals surface area contributed by atoms with Crippen LogP contribution in [0.4, 0.5) is 11.4 Å². The molecule has 0 atom stereocenters. The molecule has 2 aromatic rings. The van der Waals surface area contributed by atoms with Crippen molar-refractivity contribution in [3.05, 3.63) is 46.2 Å². The first-order chi connectivity index (χ1) is 9.51. The number of aryl methyl sites for hydroxylation is 1. The van der Waals surface area contributed by atoms with Crippen molar-refractivity contribution < 1.29 is 9.53 Å². The van der Waals surface area contributed by atoms with Gasteiger partial charge in [0.05, 0.1) is 24.1 Å². The van der Waals surface area contributed by atoms with Crippen molar-refractivity contribution in [3.8, 4) is 5.75 Å². The van der Waals surface area contributed by atoms with Gasteiger partial charge in [0.1, 0.15) is 10.4 Å². The number of benzene rings is 1. The molecule has 104 valence electrons. The van der Waals surface area contributed by atoms with Crippen molar-refractivity contribution in [1.29, 1.82) is 0 Å². The van der Waals surface area contributed by atoms with Crippen molar-refractivity contribution in [3.63, 3.8) is 0 Å². The molecule has 0 spiro atoms. The highest BCUT2D eigenvalue weighted by atomic mass is 79.9. The van der Waals surface area contributed by atoms with Crippen LogP contribution >= 0.6 is 15.9 Å². The minimum absolute atomic E-state index is 0.298. The molecule has 20 heavy (non-hydrogen) atoms. The molecule has 1 aromatic heterocycles. The Morgan fingerprint density at radius 3 is 2.75 bits per heavy atom. The lowest BCUT2D eigenvalue weighted by molar-refractivity contribution is 0.102. The average molecular weight is 336 g/mol. The van der Waals surface area contributed by atoms with Crippen LogP contribution in [0.5, 0.6) is 5.75 Å². The summed E-state index contributed by atoms with van der Waals surface area (Å²) < 4.78 is 5.81. The van der Waals surface area contributed by atoms with Crippen LogP contribution < -0.4 is 15.8 Å². The zero-order valence-electron chi connectivity index (χ0n) is 11.1. The smallest absolute Gasteiger partial charge is 0.257 e. The van der Waals surface area contributed by atoms with E-state index in [2.05, 4.69) is 26.2 Å². The number of nitrogens with one attached hydrogen (secondary N) is 1. The van der Waals surface area contributed by atoms with Gasteiger partial charge in [0.25, 0.3) is 5.91 Å². The van der Waals surface area contributed by atoms with E-state index in [-0.39, 0.29) is 5.91 Å².